The number of benzene rings is 1. The van der Waals surface area contributed by atoms with Gasteiger partial charge in [0.25, 0.3) is 5.91 Å². The summed E-state index contributed by atoms with van der Waals surface area (Å²) in [6, 6.07) is 8.54. The van der Waals surface area contributed by atoms with Gasteiger partial charge in [-0.15, -0.1) is 0 Å². The Balaban J connectivity index is 2.31. The molecule has 0 radical (unpaired) electrons. The Hall–Kier alpha value is -2.56. The molecule has 1 aromatic heterocycles. The highest BCUT2D eigenvalue weighted by Crippen LogP contribution is 2.21. The smallest absolute Gasteiger partial charge is 0.258 e. The standard InChI is InChI=1S/C14H15N3O2/c1-17(12-4-3-5-16-9-12)14(18)10-6-11(15)8-13(7-10)19-2/h3-9H,15H2,1-2H3. The molecule has 0 fully saturated rings. The van der Waals surface area contributed by atoms with Crippen LogP contribution in [0, 0.1) is 0 Å². The maximum atomic E-state index is 12.4. The lowest BCUT2D eigenvalue weighted by Crippen LogP contribution is -2.26. The minimum absolute atomic E-state index is 0.168. The maximum absolute atomic E-state index is 12.4. The minimum atomic E-state index is -0.168. The first kappa shape index (κ1) is 12.9. The number of anilines is 2. The van der Waals surface area contributed by atoms with E-state index in [1.807, 2.05) is 6.07 Å². The van der Waals surface area contributed by atoms with E-state index in [1.54, 1.807) is 43.7 Å². The van der Waals surface area contributed by atoms with Crippen molar-refractivity contribution in [3.05, 3.63) is 48.3 Å². The number of nitrogen functional groups attached to an aromatic ring is 1. The predicted molar refractivity (Wildman–Crippen MR) is 74.4 cm³/mol. The molecule has 0 aliphatic heterocycles. The third kappa shape index (κ3) is 2.82. The number of methoxy groups -OCH3 is 1. The summed E-state index contributed by atoms with van der Waals surface area (Å²) in [4.78, 5) is 17.9. The molecule has 0 spiro atoms. The predicted octanol–water partition coefficient (Wildman–Crippen LogP) is 1.95. The second-order valence-electron chi connectivity index (χ2n) is 4.07. The zero-order chi connectivity index (χ0) is 13.8. The monoisotopic (exact) mass is 257 g/mol. The Morgan fingerprint density at radius 2 is 2.16 bits per heavy atom. The van der Waals surface area contributed by atoms with Crippen LogP contribution in [0.5, 0.6) is 5.75 Å². The average molecular weight is 257 g/mol. The molecular weight excluding hydrogens is 242 g/mol. The number of hydrogen-bond acceptors (Lipinski definition) is 4. The van der Waals surface area contributed by atoms with Gasteiger partial charge in [0.05, 0.1) is 19.0 Å². The third-order valence-corrected chi connectivity index (χ3v) is 2.75. The number of hydrogen-bond donors (Lipinski definition) is 1. The van der Waals surface area contributed by atoms with Crippen LogP contribution in [0.25, 0.3) is 0 Å². The number of carbonyl (C=O) groups excluding carboxylic acids is 1. The van der Waals surface area contributed by atoms with Crippen LogP contribution in [-0.4, -0.2) is 25.0 Å². The summed E-state index contributed by atoms with van der Waals surface area (Å²) >= 11 is 0. The molecule has 1 aromatic carbocycles. The van der Waals surface area contributed by atoms with Gasteiger partial charge in [-0.05, 0) is 24.3 Å². The van der Waals surface area contributed by atoms with Gasteiger partial charge >= 0.3 is 0 Å². The first-order valence-corrected chi connectivity index (χ1v) is 5.74. The number of ether oxygens (including phenoxy) is 1. The first-order chi connectivity index (χ1) is 9.11. The van der Waals surface area contributed by atoms with Crippen LogP contribution in [0.3, 0.4) is 0 Å². The van der Waals surface area contributed by atoms with Crippen LogP contribution in [0.1, 0.15) is 10.4 Å². The number of pyridine rings is 1. The van der Waals surface area contributed by atoms with E-state index in [2.05, 4.69) is 4.98 Å². The van der Waals surface area contributed by atoms with Gasteiger partial charge in [0.2, 0.25) is 0 Å². The summed E-state index contributed by atoms with van der Waals surface area (Å²) in [5.41, 5.74) is 7.43. The Labute approximate surface area is 111 Å². The fraction of sp³-hybridized carbons (Fsp3) is 0.143. The van der Waals surface area contributed by atoms with Crippen molar-refractivity contribution in [2.24, 2.45) is 0 Å². The van der Waals surface area contributed by atoms with Gasteiger partial charge in [-0.25, -0.2) is 0 Å². The molecule has 0 bridgehead atoms. The highest BCUT2D eigenvalue weighted by molar-refractivity contribution is 6.06. The van der Waals surface area contributed by atoms with Crippen molar-refractivity contribution in [2.75, 3.05) is 24.8 Å². The fourth-order valence-corrected chi connectivity index (χ4v) is 1.73. The zero-order valence-electron chi connectivity index (χ0n) is 10.8. The van der Waals surface area contributed by atoms with Crippen LogP contribution in [0.2, 0.25) is 0 Å². The lowest BCUT2D eigenvalue weighted by atomic mass is 10.1. The summed E-state index contributed by atoms with van der Waals surface area (Å²) in [6.07, 6.45) is 3.28. The van der Waals surface area contributed by atoms with E-state index in [0.717, 1.165) is 0 Å². The van der Waals surface area contributed by atoms with Gasteiger partial charge in [-0.1, -0.05) is 0 Å². The molecule has 2 N–H and O–H groups in total. The molecule has 5 nitrogen and oxygen atoms in total. The van der Waals surface area contributed by atoms with Gasteiger partial charge in [0, 0.05) is 30.6 Å². The molecule has 0 aliphatic rings. The lowest BCUT2D eigenvalue weighted by Gasteiger charge is -2.17. The molecule has 1 amide bonds. The van der Waals surface area contributed by atoms with Gasteiger partial charge in [-0.3, -0.25) is 9.78 Å². The molecule has 0 atom stereocenters. The summed E-state index contributed by atoms with van der Waals surface area (Å²) in [7, 11) is 3.23. The van der Waals surface area contributed by atoms with E-state index in [0.29, 0.717) is 22.7 Å². The van der Waals surface area contributed by atoms with Crippen LogP contribution >= 0.6 is 0 Å². The number of amides is 1. The largest absolute Gasteiger partial charge is 0.497 e. The molecule has 2 aromatic rings. The molecule has 2 rings (SSSR count). The topological polar surface area (TPSA) is 68.5 Å². The van der Waals surface area contributed by atoms with Crippen LogP contribution in [0.4, 0.5) is 11.4 Å². The van der Waals surface area contributed by atoms with Crippen molar-refractivity contribution < 1.29 is 9.53 Å². The maximum Gasteiger partial charge on any atom is 0.258 e. The number of nitrogens with zero attached hydrogens (tertiary/aromatic N) is 2. The molecule has 19 heavy (non-hydrogen) atoms. The summed E-state index contributed by atoms with van der Waals surface area (Å²) in [5, 5.41) is 0. The Kier molecular flexibility index (Phi) is 3.66. The number of carbonyl (C=O) groups is 1. The lowest BCUT2D eigenvalue weighted by molar-refractivity contribution is 0.0992. The van der Waals surface area contributed by atoms with Crippen molar-refractivity contribution in [1.82, 2.24) is 4.98 Å². The number of aromatic nitrogens is 1. The Bertz CT molecular complexity index is 584. The quantitative estimate of drug-likeness (QED) is 0.853. The summed E-state index contributed by atoms with van der Waals surface area (Å²) in [5.74, 6) is 0.390. The van der Waals surface area contributed by atoms with E-state index in [4.69, 9.17) is 10.5 Å². The van der Waals surface area contributed by atoms with Crippen molar-refractivity contribution in [1.29, 1.82) is 0 Å². The second-order valence-corrected chi connectivity index (χ2v) is 4.07. The molecule has 0 unspecified atom stereocenters. The van der Waals surface area contributed by atoms with Gasteiger partial charge in [0.1, 0.15) is 5.75 Å². The summed E-state index contributed by atoms with van der Waals surface area (Å²) in [6.45, 7) is 0. The number of rotatable bonds is 3. The molecule has 5 heteroatoms. The van der Waals surface area contributed by atoms with Crippen molar-refractivity contribution in [3.8, 4) is 5.75 Å². The normalized spacial score (nSPS) is 10.0. The Morgan fingerprint density at radius 1 is 1.37 bits per heavy atom. The highest BCUT2D eigenvalue weighted by Gasteiger charge is 2.15. The van der Waals surface area contributed by atoms with Crippen LogP contribution < -0.4 is 15.4 Å². The average Bonchev–Trinajstić information content (AvgIpc) is 2.46. The van der Waals surface area contributed by atoms with E-state index in [1.165, 1.54) is 12.0 Å². The molecule has 0 saturated heterocycles. The van der Waals surface area contributed by atoms with E-state index in [-0.39, 0.29) is 5.91 Å². The van der Waals surface area contributed by atoms with E-state index < -0.39 is 0 Å². The van der Waals surface area contributed by atoms with Crippen molar-refractivity contribution in [2.45, 2.75) is 0 Å². The van der Waals surface area contributed by atoms with Crippen molar-refractivity contribution >= 4 is 17.3 Å². The summed E-state index contributed by atoms with van der Waals surface area (Å²) < 4.78 is 5.11. The van der Waals surface area contributed by atoms with Crippen LogP contribution in [0.15, 0.2) is 42.7 Å². The Morgan fingerprint density at radius 3 is 2.79 bits per heavy atom. The number of nitrogens with two attached hydrogens (primary N) is 1. The zero-order valence-corrected chi connectivity index (χ0v) is 10.8. The fourth-order valence-electron chi connectivity index (χ4n) is 1.73. The van der Waals surface area contributed by atoms with Crippen LogP contribution in [-0.2, 0) is 0 Å². The molecule has 1 heterocycles. The third-order valence-electron chi connectivity index (χ3n) is 2.75. The van der Waals surface area contributed by atoms with E-state index in [9.17, 15) is 4.79 Å². The SMILES string of the molecule is COc1cc(N)cc(C(=O)N(C)c2cccnc2)c1. The molecule has 0 aliphatic carbocycles. The highest BCUT2D eigenvalue weighted by atomic mass is 16.5. The van der Waals surface area contributed by atoms with Crippen molar-refractivity contribution in [3.63, 3.8) is 0 Å². The first-order valence-electron chi connectivity index (χ1n) is 5.74. The van der Waals surface area contributed by atoms with Gasteiger partial charge < -0.3 is 15.4 Å². The minimum Gasteiger partial charge on any atom is -0.497 e. The molecule has 0 saturated carbocycles. The molecule has 98 valence electrons. The van der Waals surface area contributed by atoms with Gasteiger partial charge in [0.15, 0.2) is 0 Å². The van der Waals surface area contributed by atoms with Gasteiger partial charge in [-0.2, -0.15) is 0 Å². The molecular formula is C14H15N3O2. The van der Waals surface area contributed by atoms with E-state index >= 15 is 0 Å². The second kappa shape index (κ2) is 5.39.